The molecule has 0 spiro atoms. The number of halogens is 1. The van der Waals surface area contributed by atoms with E-state index in [2.05, 4.69) is 51.7 Å². The second kappa shape index (κ2) is 11.2. The molecule has 29 heavy (non-hydrogen) atoms. The van der Waals surface area contributed by atoms with Crippen LogP contribution in [-0.2, 0) is 13.1 Å². The average Bonchev–Trinajstić information content (AvgIpc) is 3.28. The molecule has 2 heterocycles. The van der Waals surface area contributed by atoms with Crippen LogP contribution < -0.4 is 16.4 Å². The summed E-state index contributed by atoms with van der Waals surface area (Å²) in [5, 5.41) is 6.80. The number of aliphatic imine (C=N–C) groups is 1. The Hall–Kier alpha value is -2.07. The van der Waals surface area contributed by atoms with Crippen molar-refractivity contribution >= 4 is 35.8 Å². The summed E-state index contributed by atoms with van der Waals surface area (Å²) >= 11 is 0. The summed E-state index contributed by atoms with van der Waals surface area (Å²) in [6, 6.07) is 14.7. The Kier molecular flexibility index (Phi) is 8.97. The van der Waals surface area contributed by atoms with Crippen LogP contribution in [0.25, 0.3) is 0 Å². The number of amides is 1. The van der Waals surface area contributed by atoms with E-state index in [0.717, 1.165) is 32.0 Å². The Labute approximate surface area is 189 Å². The Morgan fingerprint density at radius 2 is 2.03 bits per heavy atom. The van der Waals surface area contributed by atoms with Crippen molar-refractivity contribution in [2.24, 2.45) is 10.7 Å². The molecule has 0 saturated carbocycles. The van der Waals surface area contributed by atoms with Crippen molar-refractivity contribution < 1.29 is 9.21 Å². The molecule has 158 valence electrons. The van der Waals surface area contributed by atoms with Crippen molar-refractivity contribution in [2.45, 2.75) is 45.4 Å². The lowest BCUT2D eigenvalue weighted by Crippen LogP contribution is -2.44. The smallest absolute Gasteiger partial charge is 0.284 e. The van der Waals surface area contributed by atoms with Crippen molar-refractivity contribution in [1.82, 2.24) is 15.5 Å². The lowest BCUT2D eigenvalue weighted by Gasteiger charge is -2.21. The Morgan fingerprint density at radius 3 is 2.69 bits per heavy atom. The molecule has 1 aromatic carbocycles. The van der Waals surface area contributed by atoms with E-state index in [-0.39, 0.29) is 29.7 Å². The van der Waals surface area contributed by atoms with Crippen molar-refractivity contribution in [3.05, 3.63) is 59.5 Å². The number of likely N-dealkylation sites (tertiary alicyclic amines) is 1. The lowest BCUT2D eigenvalue weighted by molar-refractivity contribution is 0.0972. The molecule has 2 atom stereocenters. The van der Waals surface area contributed by atoms with Gasteiger partial charge in [-0.2, -0.15) is 0 Å². The number of nitrogens with zero attached hydrogens (tertiary/aromatic N) is 2. The van der Waals surface area contributed by atoms with Gasteiger partial charge in [-0.15, -0.1) is 24.0 Å². The van der Waals surface area contributed by atoms with Crippen LogP contribution in [0.15, 0.2) is 51.9 Å². The van der Waals surface area contributed by atoms with Gasteiger partial charge < -0.3 is 20.8 Å². The first-order valence-electron chi connectivity index (χ1n) is 9.76. The third kappa shape index (κ3) is 6.74. The molecule has 2 unspecified atom stereocenters. The van der Waals surface area contributed by atoms with Gasteiger partial charge in [0.15, 0.2) is 11.7 Å². The standard InChI is InChI=1S/C21H29N5O2.HI/c1-3-23-21(24-12-18-9-10-19(28-18)20(22)27)25-17-11-15(2)26(14-17)13-16-7-5-4-6-8-16;/h4-10,15,17H,3,11-14H2,1-2H3,(H2,22,27)(H2,23,24,25);1H. The third-order valence-electron chi connectivity index (χ3n) is 4.91. The van der Waals surface area contributed by atoms with Crippen LogP contribution in [0.2, 0.25) is 0 Å². The van der Waals surface area contributed by atoms with E-state index in [1.807, 2.05) is 13.0 Å². The molecule has 4 N–H and O–H groups in total. The van der Waals surface area contributed by atoms with Gasteiger partial charge in [0, 0.05) is 31.7 Å². The van der Waals surface area contributed by atoms with E-state index in [1.54, 1.807) is 12.1 Å². The zero-order chi connectivity index (χ0) is 19.9. The molecule has 1 amide bonds. The first kappa shape index (κ1) is 23.2. The van der Waals surface area contributed by atoms with E-state index < -0.39 is 5.91 Å². The number of carbonyl (C=O) groups is 1. The molecule has 1 saturated heterocycles. The number of nitrogens with two attached hydrogens (primary N) is 1. The van der Waals surface area contributed by atoms with Crippen LogP contribution in [0.5, 0.6) is 0 Å². The Bertz CT molecular complexity index is 808. The predicted octanol–water partition coefficient (Wildman–Crippen LogP) is 2.71. The summed E-state index contributed by atoms with van der Waals surface area (Å²) < 4.78 is 5.40. The summed E-state index contributed by atoms with van der Waals surface area (Å²) in [7, 11) is 0. The maximum atomic E-state index is 11.1. The van der Waals surface area contributed by atoms with Gasteiger partial charge in [-0.1, -0.05) is 30.3 Å². The molecule has 1 aromatic heterocycles. The number of hydrogen-bond acceptors (Lipinski definition) is 4. The van der Waals surface area contributed by atoms with E-state index >= 15 is 0 Å². The molecule has 1 aliphatic heterocycles. The fourth-order valence-corrected chi connectivity index (χ4v) is 3.51. The predicted molar refractivity (Wildman–Crippen MR) is 125 cm³/mol. The van der Waals surface area contributed by atoms with Crippen LogP contribution in [0, 0.1) is 0 Å². The molecule has 7 nitrogen and oxygen atoms in total. The second-order valence-electron chi connectivity index (χ2n) is 7.17. The Balaban J connectivity index is 0.00000300. The van der Waals surface area contributed by atoms with Crippen LogP contribution in [0.3, 0.4) is 0 Å². The zero-order valence-corrected chi connectivity index (χ0v) is 19.3. The number of hydrogen-bond donors (Lipinski definition) is 3. The normalized spacial score (nSPS) is 19.6. The minimum absolute atomic E-state index is 0. The number of nitrogens with one attached hydrogen (secondary N) is 2. The van der Waals surface area contributed by atoms with Gasteiger partial charge in [-0.25, -0.2) is 4.99 Å². The molecule has 3 rings (SSSR count). The monoisotopic (exact) mass is 511 g/mol. The molecule has 1 aliphatic rings. The third-order valence-corrected chi connectivity index (χ3v) is 4.91. The maximum Gasteiger partial charge on any atom is 0.284 e. The second-order valence-corrected chi connectivity index (χ2v) is 7.17. The van der Waals surface area contributed by atoms with Crippen LogP contribution in [0.1, 0.15) is 42.1 Å². The van der Waals surface area contributed by atoms with E-state index in [1.165, 1.54) is 5.56 Å². The molecule has 8 heteroatoms. The van der Waals surface area contributed by atoms with Crippen molar-refractivity contribution in [3.8, 4) is 0 Å². The lowest BCUT2D eigenvalue weighted by atomic mass is 10.2. The number of furan rings is 1. The SMILES string of the molecule is CCNC(=NCc1ccc(C(N)=O)o1)NC1CC(C)N(Cc2ccccc2)C1.I. The van der Waals surface area contributed by atoms with Crippen LogP contribution >= 0.6 is 24.0 Å². The molecule has 1 fully saturated rings. The summed E-state index contributed by atoms with van der Waals surface area (Å²) in [6.07, 6.45) is 1.06. The van der Waals surface area contributed by atoms with E-state index in [4.69, 9.17) is 10.2 Å². The highest BCUT2D eigenvalue weighted by atomic mass is 127. The fourth-order valence-electron chi connectivity index (χ4n) is 3.51. The van der Waals surface area contributed by atoms with Gasteiger partial charge in [0.05, 0.1) is 0 Å². The highest BCUT2D eigenvalue weighted by Gasteiger charge is 2.29. The van der Waals surface area contributed by atoms with Crippen LogP contribution in [-0.4, -0.2) is 41.9 Å². The topological polar surface area (TPSA) is 95.9 Å². The molecular weight excluding hydrogens is 481 g/mol. The summed E-state index contributed by atoms with van der Waals surface area (Å²) in [4.78, 5) is 18.2. The highest BCUT2D eigenvalue weighted by molar-refractivity contribution is 14.0. The fraction of sp³-hybridized carbons (Fsp3) is 0.429. The zero-order valence-electron chi connectivity index (χ0n) is 16.9. The molecule has 0 bridgehead atoms. The summed E-state index contributed by atoms with van der Waals surface area (Å²) in [5.74, 6) is 0.942. The minimum Gasteiger partial charge on any atom is -0.454 e. The van der Waals surface area contributed by atoms with E-state index in [0.29, 0.717) is 24.4 Å². The summed E-state index contributed by atoms with van der Waals surface area (Å²) in [5.41, 5.74) is 6.56. The minimum atomic E-state index is -0.571. The molecule has 2 aromatic rings. The molecule has 0 radical (unpaired) electrons. The van der Waals surface area contributed by atoms with Crippen molar-refractivity contribution in [2.75, 3.05) is 13.1 Å². The Morgan fingerprint density at radius 1 is 1.28 bits per heavy atom. The quantitative estimate of drug-likeness (QED) is 0.302. The van der Waals surface area contributed by atoms with Gasteiger partial charge in [0.2, 0.25) is 0 Å². The number of rotatable bonds is 7. The van der Waals surface area contributed by atoms with Crippen molar-refractivity contribution in [1.29, 1.82) is 0 Å². The molecular formula is C21H30IN5O2. The highest BCUT2D eigenvalue weighted by Crippen LogP contribution is 2.20. The first-order valence-corrected chi connectivity index (χ1v) is 9.76. The van der Waals surface area contributed by atoms with Gasteiger partial charge in [-0.05, 0) is 38.0 Å². The van der Waals surface area contributed by atoms with Crippen molar-refractivity contribution in [3.63, 3.8) is 0 Å². The van der Waals surface area contributed by atoms with Gasteiger partial charge >= 0.3 is 0 Å². The number of carbonyl (C=O) groups excluding carboxylic acids is 1. The number of benzene rings is 1. The maximum absolute atomic E-state index is 11.1. The largest absolute Gasteiger partial charge is 0.454 e. The number of guanidine groups is 1. The average molecular weight is 511 g/mol. The van der Waals surface area contributed by atoms with E-state index in [9.17, 15) is 4.79 Å². The van der Waals surface area contributed by atoms with Gasteiger partial charge in [0.1, 0.15) is 12.3 Å². The first-order chi connectivity index (χ1) is 13.5. The van der Waals surface area contributed by atoms with Crippen LogP contribution in [0.4, 0.5) is 0 Å². The summed E-state index contributed by atoms with van der Waals surface area (Å²) in [6.45, 7) is 7.34. The number of primary amides is 1. The molecule has 0 aliphatic carbocycles. The van der Waals surface area contributed by atoms with Gasteiger partial charge in [0.25, 0.3) is 5.91 Å². The van der Waals surface area contributed by atoms with Gasteiger partial charge in [-0.3, -0.25) is 9.69 Å².